The van der Waals surface area contributed by atoms with Crippen LogP contribution >= 0.6 is 0 Å². The minimum absolute atomic E-state index is 0.0868. The summed E-state index contributed by atoms with van der Waals surface area (Å²) in [4.78, 5) is 13.8. The molecule has 18 heavy (non-hydrogen) atoms. The lowest BCUT2D eigenvalue weighted by atomic mass is 10.1. The Hall–Kier alpha value is -0.650. The minimum atomic E-state index is 0.0868. The number of ether oxygens (including phenoxy) is 1. The minimum Gasteiger partial charge on any atom is -0.383 e. The highest BCUT2D eigenvalue weighted by molar-refractivity contribution is 5.77. The van der Waals surface area contributed by atoms with E-state index >= 15 is 0 Å². The van der Waals surface area contributed by atoms with Crippen molar-refractivity contribution in [3.63, 3.8) is 0 Å². The van der Waals surface area contributed by atoms with Gasteiger partial charge in [0, 0.05) is 20.2 Å². The van der Waals surface area contributed by atoms with Crippen molar-refractivity contribution in [3.8, 4) is 0 Å². The molecule has 0 aliphatic heterocycles. The van der Waals surface area contributed by atoms with Gasteiger partial charge in [-0.25, -0.2) is 0 Å². The normalized spacial score (nSPS) is 11.2. The van der Waals surface area contributed by atoms with Gasteiger partial charge in [-0.15, -0.1) is 0 Å². The summed E-state index contributed by atoms with van der Waals surface area (Å²) in [7, 11) is 1.67. The zero-order valence-electron chi connectivity index (χ0n) is 12.1. The van der Waals surface area contributed by atoms with Gasteiger partial charge in [0.15, 0.2) is 0 Å². The van der Waals surface area contributed by atoms with E-state index in [0.29, 0.717) is 25.6 Å². The van der Waals surface area contributed by atoms with Crippen molar-refractivity contribution in [1.82, 2.24) is 10.2 Å². The maximum atomic E-state index is 11.7. The molecule has 0 heterocycles. The van der Waals surface area contributed by atoms with Gasteiger partial charge in [-0.3, -0.25) is 9.69 Å². The molecule has 0 saturated heterocycles. The topological polar surface area (TPSA) is 67.6 Å². The van der Waals surface area contributed by atoms with Gasteiger partial charge in [-0.2, -0.15) is 0 Å². The average molecular weight is 259 g/mol. The molecule has 1 amide bonds. The van der Waals surface area contributed by atoms with Crippen LogP contribution in [0.15, 0.2) is 0 Å². The third-order valence-corrected chi connectivity index (χ3v) is 2.70. The molecule has 0 aliphatic rings. The summed E-state index contributed by atoms with van der Waals surface area (Å²) in [5.41, 5.74) is 5.49. The number of hydrogen-bond acceptors (Lipinski definition) is 4. The highest BCUT2D eigenvalue weighted by Gasteiger charge is 2.09. The van der Waals surface area contributed by atoms with E-state index in [-0.39, 0.29) is 5.91 Å². The van der Waals surface area contributed by atoms with Gasteiger partial charge in [0.25, 0.3) is 0 Å². The first-order valence-electron chi connectivity index (χ1n) is 6.78. The quantitative estimate of drug-likeness (QED) is 0.565. The van der Waals surface area contributed by atoms with Crippen LogP contribution < -0.4 is 11.1 Å². The number of carbonyl (C=O) groups excluding carboxylic acids is 1. The lowest BCUT2D eigenvalue weighted by molar-refractivity contribution is -0.122. The fourth-order valence-electron chi connectivity index (χ4n) is 1.56. The molecule has 0 aliphatic carbocycles. The van der Waals surface area contributed by atoms with E-state index in [1.807, 2.05) is 0 Å². The largest absolute Gasteiger partial charge is 0.383 e. The van der Waals surface area contributed by atoms with Gasteiger partial charge in [0.1, 0.15) is 0 Å². The van der Waals surface area contributed by atoms with E-state index in [9.17, 15) is 4.79 Å². The number of rotatable bonds is 11. The molecular weight excluding hydrogens is 230 g/mol. The number of amides is 1. The summed E-state index contributed by atoms with van der Waals surface area (Å²) in [6, 6.07) is 0. The van der Waals surface area contributed by atoms with Crippen molar-refractivity contribution in [1.29, 1.82) is 0 Å². The molecule has 0 spiro atoms. The zero-order chi connectivity index (χ0) is 13.8. The van der Waals surface area contributed by atoms with Crippen LogP contribution in [0.2, 0.25) is 0 Å². The number of methoxy groups -OCH3 is 1. The molecule has 0 radical (unpaired) electrons. The zero-order valence-corrected chi connectivity index (χ0v) is 12.1. The predicted molar refractivity (Wildman–Crippen MR) is 74.5 cm³/mol. The summed E-state index contributed by atoms with van der Waals surface area (Å²) in [6.07, 6.45) is 1.93. The Morgan fingerprint density at radius 3 is 2.67 bits per heavy atom. The van der Waals surface area contributed by atoms with Crippen molar-refractivity contribution < 1.29 is 9.53 Å². The third-order valence-electron chi connectivity index (χ3n) is 2.70. The molecule has 5 nitrogen and oxygen atoms in total. The van der Waals surface area contributed by atoms with E-state index in [1.54, 1.807) is 7.11 Å². The second-order valence-electron chi connectivity index (χ2n) is 4.94. The molecule has 0 aromatic rings. The van der Waals surface area contributed by atoms with Crippen molar-refractivity contribution in [2.24, 2.45) is 11.7 Å². The fourth-order valence-corrected chi connectivity index (χ4v) is 1.56. The van der Waals surface area contributed by atoms with Crippen LogP contribution in [0.1, 0.15) is 26.7 Å². The molecule has 108 valence electrons. The molecular formula is C13H29N3O2. The maximum Gasteiger partial charge on any atom is 0.234 e. The van der Waals surface area contributed by atoms with Crippen LogP contribution in [-0.2, 0) is 9.53 Å². The van der Waals surface area contributed by atoms with Crippen LogP contribution in [0.5, 0.6) is 0 Å². The van der Waals surface area contributed by atoms with E-state index in [2.05, 4.69) is 24.1 Å². The number of nitrogens with zero attached hydrogens (tertiary/aromatic N) is 1. The molecule has 3 N–H and O–H groups in total. The molecule has 0 bridgehead atoms. The summed E-state index contributed by atoms with van der Waals surface area (Å²) < 4.78 is 5.04. The number of hydrogen-bond donors (Lipinski definition) is 2. The molecule has 0 saturated carbocycles. The van der Waals surface area contributed by atoms with E-state index < -0.39 is 0 Å². The van der Waals surface area contributed by atoms with E-state index in [4.69, 9.17) is 10.5 Å². The molecule has 0 unspecified atom stereocenters. The number of carbonyl (C=O) groups is 1. The van der Waals surface area contributed by atoms with E-state index in [0.717, 1.165) is 32.5 Å². The molecule has 5 heteroatoms. The second-order valence-corrected chi connectivity index (χ2v) is 4.94. The molecule has 0 fully saturated rings. The summed E-state index contributed by atoms with van der Waals surface area (Å²) in [5.74, 6) is 0.705. The van der Waals surface area contributed by atoms with Crippen molar-refractivity contribution in [2.75, 3.05) is 46.4 Å². The first-order valence-corrected chi connectivity index (χ1v) is 6.78. The Labute approximate surface area is 111 Å². The molecule has 0 aromatic carbocycles. The lowest BCUT2D eigenvalue weighted by Gasteiger charge is -2.21. The maximum absolute atomic E-state index is 11.7. The highest BCUT2D eigenvalue weighted by atomic mass is 16.5. The lowest BCUT2D eigenvalue weighted by Crippen LogP contribution is -2.40. The smallest absolute Gasteiger partial charge is 0.234 e. The Morgan fingerprint density at radius 2 is 2.11 bits per heavy atom. The standard InChI is InChI=1S/C13H29N3O2/c1-12(2)5-7-15-13(17)11-16(8-4-6-14)9-10-18-3/h12H,4-11,14H2,1-3H3,(H,15,17). The van der Waals surface area contributed by atoms with Gasteiger partial charge < -0.3 is 15.8 Å². The first-order chi connectivity index (χ1) is 8.60. The monoisotopic (exact) mass is 259 g/mol. The van der Waals surface area contributed by atoms with Gasteiger partial charge in [0.05, 0.1) is 13.2 Å². The second kappa shape index (κ2) is 11.4. The predicted octanol–water partition coefficient (Wildman–Crippen LogP) is 0.446. The Morgan fingerprint density at radius 1 is 1.39 bits per heavy atom. The fraction of sp³-hybridized carbons (Fsp3) is 0.923. The van der Waals surface area contributed by atoms with Crippen molar-refractivity contribution in [3.05, 3.63) is 0 Å². The van der Waals surface area contributed by atoms with E-state index in [1.165, 1.54) is 0 Å². The van der Waals surface area contributed by atoms with Crippen molar-refractivity contribution in [2.45, 2.75) is 26.7 Å². The average Bonchev–Trinajstić information content (AvgIpc) is 2.32. The van der Waals surface area contributed by atoms with Gasteiger partial charge in [-0.1, -0.05) is 13.8 Å². The molecule has 0 rings (SSSR count). The SMILES string of the molecule is COCCN(CCCN)CC(=O)NCCC(C)C. The number of nitrogens with one attached hydrogen (secondary N) is 1. The van der Waals surface area contributed by atoms with Gasteiger partial charge in [0.2, 0.25) is 5.91 Å². The highest BCUT2D eigenvalue weighted by Crippen LogP contribution is 1.96. The Balaban J connectivity index is 3.85. The Kier molecular flexibility index (Phi) is 11.0. The van der Waals surface area contributed by atoms with Gasteiger partial charge >= 0.3 is 0 Å². The van der Waals surface area contributed by atoms with Gasteiger partial charge in [-0.05, 0) is 31.8 Å². The summed E-state index contributed by atoms with van der Waals surface area (Å²) in [5, 5.41) is 2.94. The van der Waals surface area contributed by atoms with Crippen LogP contribution in [0, 0.1) is 5.92 Å². The van der Waals surface area contributed by atoms with Crippen LogP contribution in [0.25, 0.3) is 0 Å². The van der Waals surface area contributed by atoms with Crippen LogP contribution in [-0.4, -0.2) is 57.2 Å². The third kappa shape index (κ3) is 10.5. The molecule has 0 atom stereocenters. The summed E-state index contributed by atoms with van der Waals surface area (Å²) >= 11 is 0. The van der Waals surface area contributed by atoms with Crippen LogP contribution in [0.4, 0.5) is 0 Å². The summed E-state index contributed by atoms with van der Waals surface area (Å²) in [6.45, 7) is 8.40. The van der Waals surface area contributed by atoms with Crippen LogP contribution in [0.3, 0.4) is 0 Å². The molecule has 0 aromatic heterocycles. The first kappa shape index (κ1) is 17.4. The number of nitrogens with two attached hydrogens (primary N) is 1. The van der Waals surface area contributed by atoms with Crippen molar-refractivity contribution >= 4 is 5.91 Å². The Bertz CT molecular complexity index is 202.